The highest BCUT2D eigenvalue weighted by molar-refractivity contribution is 5.95. The average Bonchev–Trinajstić information content (AvgIpc) is 3.21. The summed E-state index contributed by atoms with van der Waals surface area (Å²) in [7, 11) is 0. The monoisotopic (exact) mass is 376 g/mol. The molecule has 1 aliphatic carbocycles. The van der Waals surface area contributed by atoms with Crippen LogP contribution in [0.2, 0.25) is 0 Å². The van der Waals surface area contributed by atoms with Gasteiger partial charge in [-0.15, -0.1) is 0 Å². The molecule has 0 unspecified atom stereocenters. The molecule has 6 heteroatoms. The van der Waals surface area contributed by atoms with E-state index in [1.165, 1.54) is 31.3 Å². The zero-order chi connectivity index (χ0) is 19.3. The molecule has 1 saturated carbocycles. The number of carbonyl (C=O) groups is 1. The van der Waals surface area contributed by atoms with Crippen molar-refractivity contribution in [3.05, 3.63) is 72.3 Å². The second kappa shape index (κ2) is 8.17. The maximum Gasteiger partial charge on any atom is 0.251 e. The number of anilines is 2. The van der Waals surface area contributed by atoms with E-state index in [9.17, 15) is 9.18 Å². The summed E-state index contributed by atoms with van der Waals surface area (Å²) in [6.07, 6.45) is 5.88. The molecule has 1 aromatic heterocycles. The Morgan fingerprint density at radius 2 is 1.82 bits per heavy atom. The van der Waals surface area contributed by atoms with Crippen LogP contribution in [-0.4, -0.2) is 21.9 Å². The second-order valence-corrected chi connectivity index (χ2v) is 6.96. The maximum atomic E-state index is 13.5. The second-order valence-electron chi connectivity index (χ2n) is 6.96. The number of halogens is 1. The Bertz CT molecular complexity index is 986. The summed E-state index contributed by atoms with van der Waals surface area (Å²) in [4.78, 5) is 20.9. The van der Waals surface area contributed by atoms with Crippen LogP contribution in [-0.2, 0) is 0 Å². The smallest absolute Gasteiger partial charge is 0.251 e. The Morgan fingerprint density at radius 3 is 2.64 bits per heavy atom. The average molecular weight is 376 g/mol. The van der Waals surface area contributed by atoms with Gasteiger partial charge < -0.3 is 10.6 Å². The lowest BCUT2D eigenvalue weighted by Gasteiger charge is -2.13. The van der Waals surface area contributed by atoms with Crippen LogP contribution in [0, 0.1) is 5.82 Å². The number of nitrogens with one attached hydrogen (secondary N) is 2. The Hall–Kier alpha value is -3.28. The Morgan fingerprint density at radius 1 is 1.00 bits per heavy atom. The van der Waals surface area contributed by atoms with E-state index in [0.717, 1.165) is 18.5 Å². The third kappa shape index (κ3) is 4.34. The van der Waals surface area contributed by atoms with Gasteiger partial charge in [-0.2, -0.15) is 0 Å². The van der Waals surface area contributed by atoms with Gasteiger partial charge in [0.15, 0.2) is 0 Å². The van der Waals surface area contributed by atoms with Crippen LogP contribution in [0.5, 0.6) is 0 Å². The molecule has 0 spiro atoms. The Kier molecular flexibility index (Phi) is 5.28. The normalized spacial score (nSPS) is 14.0. The fraction of sp³-hybridized carbons (Fsp3) is 0.227. The van der Waals surface area contributed by atoms with Crippen LogP contribution in [0.3, 0.4) is 0 Å². The van der Waals surface area contributed by atoms with Gasteiger partial charge in [-0.1, -0.05) is 31.0 Å². The van der Waals surface area contributed by atoms with Gasteiger partial charge in [0.05, 0.1) is 5.69 Å². The van der Waals surface area contributed by atoms with Gasteiger partial charge in [0.25, 0.3) is 5.91 Å². The number of hydrogen-bond acceptors (Lipinski definition) is 4. The summed E-state index contributed by atoms with van der Waals surface area (Å²) in [5.41, 5.74) is 2.65. The molecule has 1 fully saturated rings. The van der Waals surface area contributed by atoms with E-state index >= 15 is 0 Å². The van der Waals surface area contributed by atoms with Crippen LogP contribution in [0.25, 0.3) is 11.3 Å². The molecule has 28 heavy (non-hydrogen) atoms. The SMILES string of the molecule is O=C(NC1CCCC1)c1cccc(Nc2cc(-c3cccc(F)c3)ncn2)c1. The first-order valence-electron chi connectivity index (χ1n) is 9.43. The van der Waals surface area contributed by atoms with Gasteiger partial charge in [-0.05, 0) is 43.2 Å². The van der Waals surface area contributed by atoms with Crippen molar-refractivity contribution in [1.82, 2.24) is 15.3 Å². The van der Waals surface area contributed by atoms with E-state index in [2.05, 4.69) is 20.6 Å². The summed E-state index contributed by atoms with van der Waals surface area (Å²) in [5, 5.41) is 6.29. The third-order valence-electron chi connectivity index (χ3n) is 4.88. The van der Waals surface area contributed by atoms with Crippen LogP contribution < -0.4 is 10.6 Å². The fourth-order valence-electron chi connectivity index (χ4n) is 3.46. The Balaban J connectivity index is 1.50. The third-order valence-corrected chi connectivity index (χ3v) is 4.88. The molecule has 0 aliphatic heterocycles. The van der Waals surface area contributed by atoms with E-state index in [1.54, 1.807) is 30.3 Å². The molecular formula is C22H21FN4O. The van der Waals surface area contributed by atoms with Crippen molar-refractivity contribution in [3.63, 3.8) is 0 Å². The lowest BCUT2D eigenvalue weighted by molar-refractivity contribution is 0.0938. The molecule has 5 nitrogen and oxygen atoms in total. The van der Waals surface area contributed by atoms with Gasteiger partial charge in [-0.25, -0.2) is 14.4 Å². The van der Waals surface area contributed by atoms with E-state index in [1.807, 2.05) is 12.1 Å². The van der Waals surface area contributed by atoms with Crippen LogP contribution in [0.4, 0.5) is 15.9 Å². The molecule has 0 bridgehead atoms. The molecule has 0 saturated heterocycles. The zero-order valence-corrected chi connectivity index (χ0v) is 15.4. The number of nitrogens with zero attached hydrogens (tertiary/aromatic N) is 2. The van der Waals surface area contributed by atoms with Crippen LogP contribution in [0.1, 0.15) is 36.0 Å². The molecule has 0 atom stereocenters. The predicted octanol–water partition coefficient (Wildman–Crippen LogP) is 4.70. The lowest BCUT2D eigenvalue weighted by Crippen LogP contribution is -2.32. The molecule has 3 aromatic rings. The van der Waals surface area contributed by atoms with Crippen molar-refractivity contribution >= 4 is 17.4 Å². The van der Waals surface area contributed by atoms with E-state index in [0.29, 0.717) is 22.6 Å². The molecule has 4 rings (SSSR count). The van der Waals surface area contributed by atoms with Gasteiger partial charge in [0.2, 0.25) is 0 Å². The summed E-state index contributed by atoms with van der Waals surface area (Å²) < 4.78 is 13.5. The molecule has 2 aromatic carbocycles. The van der Waals surface area contributed by atoms with Gasteiger partial charge in [-0.3, -0.25) is 4.79 Å². The number of hydrogen-bond donors (Lipinski definition) is 2. The minimum Gasteiger partial charge on any atom is -0.349 e. The number of carbonyl (C=O) groups excluding carboxylic acids is 1. The van der Waals surface area contributed by atoms with Crippen molar-refractivity contribution in [2.45, 2.75) is 31.7 Å². The van der Waals surface area contributed by atoms with Crippen molar-refractivity contribution in [2.75, 3.05) is 5.32 Å². The van der Waals surface area contributed by atoms with Gasteiger partial charge in [0.1, 0.15) is 18.0 Å². The molecule has 0 radical (unpaired) electrons. The van der Waals surface area contributed by atoms with E-state index < -0.39 is 0 Å². The molecule has 1 aliphatic rings. The topological polar surface area (TPSA) is 66.9 Å². The van der Waals surface area contributed by atoms with Crippen molar-refractivity contribution < 1.29 is 9.18 Å². The zero-order valence-electron chi connectivity index (χ0n) is 15.4. The Labute approximate surface area is 163 Å². The standard InChI is InChI=1S/C22H21FN4O/c23-17-7-3-5-15(11-17)20-13-21(25-14-24-20)26-19-10-4-6-16(12-19)22(28)27-18-8-1-2-9-18/h3-7,10-14,18H,1-2,8-9H2,(H,27,28)(H,24,25,26). The highest BCUT2D eigenvalue weighted by atomic mass is 19.1. The first-order valence-corrected chi connectivity index (χ1v) is 9.43. The van der Waals surface area contributed by atoms with Crippen LogP contribution in [0.15, 0.2) is 60.9 Å². The van der Waals surface area contributed by atoms with Gasteiger partial charge >= 0.3 is 0 Å². The number of amides is 1. The lowest BCUT2D eigenvalue weighted by atomic mass is 10.1. The molecule has 1 heterocycles. The number of benzene rings is 2. The predicted molar refractivity (Wildman–Crippen MR) is 107 cm³/mol. The first kappa shape index (κ1) is 18.1. The highest BCUT2D eigenvalue weighted by Crippen LogP contribution is 2.23. The number of aromatic nitrogens is 2. The summed E-state index contributed by atoms with van der Waals surface area (Å²) >= 11 is 0. The number of rotatable bonds is 5. The molecule has 2 N–H and O–H groups in total. The van der Waals surface area contributed by atoms with E-state index in [4.69, 9.17) is 0 Å². The quantitative estimate of drug-likeness (QED) is 0.677. The molecular weight excluding hydrogens is 355 g/mol. The summed E-state index contributed by atoms with van der Waals surface area (Å²) in [6, 6.07) is 15.6. The summed E-state index contributed by atoms with van der Waals surface area (Å²) in [6.45, 7) is 0. The van der Waals surface area contributed by atoms with Crippen LogP contribution >= 0.6 is 0 Å². The minimum atomic E-state index is -0.313. The largest absolute Gasteiger partial charge is 0.349 e. The van der Waals surface area contributed by atoms with Crippen molar-refractivity contribution in [3.8, 4) is 11.3 Å². The van der Waals surface area contributed by atoms with Crippen molar-refractivity contribution in [2.24, 2.45) is 0 Å². The minimum absolute atomic E-state index is 0.0568. The highest BCUT2D eigenvalue weighted by Gasteiger charge is 2.18. The van der Waals surface area contributed by atoms with Crippen molar-refractivity contribution in [1.29, 1.82) is 0 Å². The van der Waals surface area contributed by atoms with Gasteiger partial charge in [0, 0.05) is 28.9 Å². The maximum absolute atomic E-state index is 13.5. The molecule has 142 valence electrons. The first-order chi connectivity index (χ1) is 13.7. The van der Waals surface area contributed by atoms with E-state index in [-0.39, 0.29) is 17.8 Å². The molecule has 1 amide bonds. The fourth-order valence-corrected chi connectivity index (χ4v) is 3.46. The summed E-state index contributed by atoms with van der Waals surface area (Å²) in [5.74, 6) is 0.202.